The van der Waals surface area contributed by atoms with Crippen molar-refractivity contribution >= 4 is 11.6 Å². The van der Waals surface area contributed by atoms with Crippen LogP contribution in [0.5, 0.6) is 5.75 Å². The third kappa shape index (κ3) is 2.89. The maximum Gasteiger partial charge on any atom is 0.204 e. The standard InChI is InChI=1S/C13H22N4O2/c1-3-6-14-12-11(19-2)13(16-9-15-12)17-7-4-5-10(17)8-18/h9-10,18H,3-8H2,1-2H3,(H,14,15,16). The van der Waals surface area contributed by atoms with Gasteiger partial charge in [-0.15, -0.1) is 0 Å². The maximum atomic E-state index is 9.43. The van der Waals surface area contributed by atoms with Gasteiger partial charge in [-0.25, -0.2) is 9.97 Å². The Bertz CT molecular complexity index is 414. The van der Waals surface area contributed by atoms with E-state index in [0.29, 0.717) is 5.75 Å². The molecule has 2 rings (SSSR count). The van der Waals surface area contributed by atoms with E-state index in [9.17, 15) is 5.11 Å². The van der Waals surface area contributed by atoms with Crippen molar-refractivity contribution in [3.05, 3.63) is 6.33 Å². The molecule has 0 aromatic carbocycles. The van der Waals surface area contributed by atoms with E-state index in [0.717, 1.165) is 44.0 Å². The van der Waals surface area contributed by atoms with Gasteiger partial charge in [0, 0.05) is 13.1 Å². The number of anilines is 2. The quantitative estimate of drug-likeness (QED) is 0.808. The maximum absolute atomic E-state index is 9.43. The number of nitrogens with one attached hydrogen (secondary N) is 1. The summed E-state index contributed by atoms with van der Waals surface area (Å²) in [4.78, 5) is 10.7. The van der Waals surface area contributed by atoms with E-state index in [1.165, 1.54) is 0 Å². The highest BCUT2D eigenvalue weighted by atomic mass is 16.5. The molecular formula is C13H22N4O2. The van der Waals surface area contributed by atoms with Gasteiger partial charge in [0.2, 0.25) is 5.75 Å². The fourth-order valence-corrected chi connectivity index (χ4v) is 2.43. The molecule has 1 aliphatic heterocycles. The minimum atomic E-state index is 0.128. The molecule has 0 saturated carbocycles. The Kier molecular flexibility index (Phi) is 4.79. The lowest BCUT2D eigenvalue weighted by Crippen LogP contribution is -2.33. The van der Waals surface area contributed by atoms with Gasteiger partial charge in [0.05, 0.1) is 19.8 Å². The highest BCUT2D eigenvalue weighted by molar-refractivity contribution is 5.65. The van der Waals surface area contributed by atoms with Crippen molar-refractivity contribution in [1.29, 1.82) is 0 Å². The molecule has 1 saturated heterocycles. The zero-order chi connectivity index (χ0) is 13.7. The molecule has 1 aromatic heterocycles. The molecule has 0 amide bonds. The predicted octanol–water partition coefficient (Wildman–Crippen LogP) is 1.27. The van der Waals surface area contributed by atoms with E-state index in [1.807, 2.05) is 0 Å². The Morgan fingerprint density at radius 1 is 1.53 bits per heavy atom. The van der Waals surface area contributed by atoms with E-state index in [-0.39, 0.29) is 12.6 Å². The lowest BCUT2D eigenvalue weighted by Gasteiger charge is -2.26. The van der Waals surface area contributed by atoms with E-state index < -0.39 is 0 Å². The summed E-state index contributed by atoms with van der Waals surface area (Å²) >= 11 is 0. The lowest BCUT2D eigenvalue weighted by atomic mass is 10.2. The zero-order valence-corrected chi connectivity index (χ0v) is 11.6. The summed E-state index contributed by atoms with van der Waals surface area (Å²) in [5, 5.41) is 12.7. The number of methoxy groups -OCH3 is 1. The Morgan fingerprint density at radius 2 is 2.37 bits per heavy atom. The molecule has 6 heteroatoms. The number of ether oxygens (including phenoxy) is 1. The zero-order valence-electron chi connectivity index (χ0n) is 11.6. The first kappa shape index (κ1) is 13.9. The van der Waals surface area contributed by atoms with Crippen molar-refractivity contribution in [1.82, 2.24) is 9.97 Å². The van der Waals surface area contributed by atoms with Gasteiger partial charge in [0.1, 0.15) is 6.33 Å². The van der Waals surface area contributed by atoms with Crippen molar-refractivity contribution < 1.29 is 9.84 Å². The number of rotatable bonds is 6. The molecule has 1 unspecified atom stereocenters. The molecule has 0 radical (unpaired) electrons. The first-order valence-electron chi connectivity index (χ1n) is 6.82. The predicted molar refractivity (Wildman–Crippen MR) is 74.8 cm³/mol. The molecule has 1 atom stereocenters. The third-order valence-corrected chi connectivity index (χ3v) is 3.39. The molecule has 1 aromatic rings. The van der Waals surface area contributed by atoms with Crippen LogP contribution in [0.3, 0.4) is 0 Å². The fraction of sp³-hybridized carbons (Fsp3) is 0.692. The van der Waals surface area contributed by atoms with Gasteiger partial charge in [0.25, 0.3) is 0 Å². The summed E-state index contributed by atoms with van der Waals surface area (Å²) in [5.41, 5.74) is 0. The number of hydrogen-bond acceptors (Lipinski definition) is 6. The molecule has 2 N–H and O–H groups in total. The van der Waals surface area contributed by atoms with Crippen LogP contribution in [0.4, 0.5) is 11.6 Å². The highest BCUT2D eigenvalue weighted by Crippen LogP contribution is 2.35. The summed E-state index contributed by atoms with van der Waals surface area (Å²) in [7, 11) is 1.63. The van der Waals surface area contributed by atoms with Crippen LogP contribution in [0, 0.1) is 0 Å². The van der Waals surface area contributed by atoms with Gasteiger partial charge < -0.3 is 20.1 Å². The largest absolute Gasteiger partial charge is 0.490 e. The van der Waals surface area contributed by atoms with Crippen LogP contribution in [-0.2, 0) is 0 Å². The summed E-state index contributed by atoms with van der Waals surface area (Å²) < 4.78 is 5.47. The van der Waals surface area contributed by atoms with Crippen LogP contribution in [0.15, 0.2) is 6.33 Å². The highest BCUT2D eigenvalue weighted by Gasteiger charge is 2.28. The van der Waals surface area contributed by atoms with Gasteiger partial charge in [-0.3, -0.25) is 0 Å². The Balaban J connectivity index is 2.28. The van der Waals surface area contributed by atoms with Crippen molar-refractivity contribution in [3.63, 3.8) is 0 Å². The normalized spacial score (nSPS) is 18.7. The van der Waals surface area contributed by atoms with Crippen molar-refractivity contribution in [2.75, 3.05) is 37.0 Å². The molecule has 0 spiro atoms. The summed E-state index contributed by atoms with van der Waals surface area (Å²) in [6.45, 7) is 3.98. The summed E-state index contributed by atoms with van der Waals surface area (Å²) in [5.74, 6) is 2.15. The van der Waals surface area contributed by atoms with Gasteiger partial charge in [-0.05, 0) is 19.3 Å². The van der Waals surface area contributed by atoms with Crippen LogP contribution >= 0.6 is 0 Å². The van der Waals surface area contributed by atoms with Crippen molar-refractivity contribution in [3.8, 4) is 5.75 Å². The number of hydrogen-bond donors (Lipinski definition) is 2. The topological polar surface area (TPSA) is 70.5 Å². The van der Waals surface area contributed by atoms with Crippen LogP contribution in [0.1, 0.15) is 26.2 Å². The average Bonchev–Trinajstić information content (AvgIpc) is 2.92. The number of aliphatic hydroxyl groups excluding tert-OH is 1. The Morgan fingerprint density at radius 3 is 3.05 bits per heavy atom. The first-order chi connectivity index (χ1) is 9.31. The van der Waals surface area contributed by atoms with Crippen molar-refractivity contribution in [2.24, 2.45) is 0 Å². The van der Waals surface area contributed by atoms with Crippen LogP contribution in [0.25, 0.3) is 0 Å². The molecule has 1 fully saturated rings. The SMILES string of the molecule is CCCNc1ncnc(N2CCCC2CO)c1OC. The summed E-state index contributed by atoms with van der Waals surface area (Å²) in [6, 6.07) is 0.128. The van der Waals surface area contributed by atoms with Crippen LogP contribution in [-0.4, -0.2) is 47.9 Å². The van der Waals surface area contributed by atoms with Crippen LogP contribution < -0.4 is 15.0 Å². The van der Waals surface area contributed by atoms with E-state index >= 15 is 0 Å². The molecule has 2 heterocycles. The second-order valence-electron chi connectivity index (χ2n) is 4.68. The Hall–Kier alpha value is -1.56. The smallest absolute Gasteiger partial charge is 0.204 e. The van der Waals surface area contributed by atoms with Gasteiger partial charge in [-0.2, -0.15) is 0 Å². The minimum absolute atomic E-state index is 0.128. The van der Waals surface area contributed by atoms with Crippen molar-refractivity contribution in [2.45, 2.75) is 32.2 Å². The minimum Gasteiger partial charge on any atom is -0.490 e. The van der Waals surface area contributed by atoms with Gasteiger partial charge in [0.15, 0.2) is 11.6 Å². The number of aliphatic hydroxyl groups is 1. The second kappa shape index (κ2) is 6.56. The fourth-order valence-electron chi connectivity index (χ4n) is 2.43. The van der Waals surface area contributed by atoms with Gasteiger partial charge in [-0.1, -0.05) is 6.92 Å². The number of nitrogens with zero attached hydrogens (tertiary/aromatic N) is 3. The lowest BCUT2D eigenvalue weighted by molar-refractivity contribution is 0.265. The van der Waals surface area contributed by atoms with Gasteiger partial charge >= 0.3 is 0 Å². The molecule has 1 aliphatic rings. The molecule has 19 heavy (non-hydrogen) atoms. The Labute approximate surface area is 113 Å². The monoisotopic (exact) mass is 266 g/mol. The molecular weight excluding hydrogens is 244 g/mol. The van der Waals surface area contributed by atoms with Crippen LogP contribution in [0.2, 0.25) is 0 Å². The first-order valence-corrected chi connectivity index (χ1v) is 6.82. The van der Waals surface area contributed by atoms with E-state index in [2.05, 4.69) is 27.1 Å². The van der Waals surface area contributed by atoms with E-state index in [4.69, 9.17) is 4.74 Å². The molecule has 6 nitrogen and oxygen atoms in total. The second-order valence-corrected chi connectivity index (χ2v) is 4.68. The third-order valence-electron chi connectivity index (χ3n) is 3.39. The average molecular weight is 266 g/mol. The molecule has 0 aliphatic carbocycles. The molecule has 0 bridgehead atoms. The summed E-state index contributed by atoms with van der Waals surface area (Å²) in [6.07, 6.45) is 4.62. The van der Waals surface area contributed by atoms with E-state index in [1.54, 1.807) is 13.4 Å². The number of aromatic nitrogens is 2. The molecule has 106 valence electrons.